The number of pyridine rings is 1. The van der Waals surface area contributed by atoms with E-state index in [1.807, 2.05) is 42.5 Å². The number of nitrogens with zero attached hydrogens (tertiary/aromatic N) is 5. The van der Waals surface area contributed by atoms with Gasteiger partial charge >= 0.3 is 0 Å². The number of hydrogen-bond donors (Lipinski definition) is 2. The maximum Gasteiger partial charge on any atom is 0.238 e. The van der Waals surface area contributed by atoms with Gasteiger partial charge in [-0.3, -0.25) is 9.78 Å². The highest BCUT2D eigenvalue weighted by Crippen LogP contribution is 2.33. The van der Waals surface area contributed by atoms with Gasteiger partial charge in [0.1, 0.15) is 23.4 Å². The number of amides is 1. The van der Waals surface area contributed by atoms with Gasteiger partial charge in [0, 0.05) is 43.6 Å². The number of hydrogen-bond acceptors (Lipinski definition) is 7. The van der Waals surface area contributed by atoms with Crippen LogP contribution in [0.4, 0.5) is 21.7 Å². The Kier molecular flexibility index (Phi) is 7.17. The largest absolute Gasteiger partial charge is 0.382 e. The number of anilines is 3. The minimum absolute atomic E-state index is 0.0809. The summed E-state index contributed by atoms with van der Waals surface area (Å²) in [6.07, 6.45) is 1.52. The highest BCUT2D eigenvalue weighted by atomic mass is 19.1. The first kappa shape index (κ1) is 24.0. The van der Waals surface area contributed by atoms with Gasteiger partial charge in [-0.15, -0.1) is 0 Å². The van der Waals surface area contributed by atoms with Crippen molar-refractivity contribution >= 4 is 23.2 Å². The van der Waals surface area contributed by atoms with Gasteiger partial charge in [0.2, 0.25) is 5.91 Å². The van der Waals surface area contributed by atoms with Crippen LogP contribution in [-0.2, 0) is 4.79 Å². The minimum atomic E-state index is -0.900. The van der Waals surface area contributed by atoms with Crippen LogP contribution in [0.2, 0.25) is 0 Å². The van der Waals surface area contributed by atoms with Crippen molar-refractivity contribution in [2.24, 2.45) is 0 Å². The van der Waals surface area contributed by atoms with Crippen LogP contribution in [0, 0.1) is 5.82 Å². The molecule has 1 fully saturated rings. The number of rotatable bonds is 7. The Labute approximate surface area is 222 Å². The lowest BCUT2D eigenvalue weighted by Gasteiger charge is -2.34. The molecule has 1 saturated heterocycles. The summed E-state index contributed by atoms with van der Waals surface area (Å²) in [6, 6.07) is 18.5. The molecule has 0 aliphatic carbocycles. The maximum atomic E-state index is 13.7. The number of carbonyl (C=O) groups is 1. The quantitative estimate of drug-likeness (QED) is 0.383. The molecule has 194 valence electrons. The molecule has 4 aromatic rings. The van der Waals surface area contributed by atoms with Crippen LogP contribution in [0.25, 0.3) is 11.3 Å². The van der Waals surface area contributed by atoms with E-state index >= 15 is 0 Å². The second-order valence-corrected chi connectivity index (χ2v) is 9.12. The molecule has 9 heteroatoms. The summed E-state index contributed by atoms with van der Waals surface area (Å²) >= 11 is 0. The molecule has 2 aromatic heterocycles. The fraction of sp³-hybridized carbons (Fsp3) is 0.241. The Morgan fingerprint density at radius 3 is 2.45 bits per heavy atom. The molecule has 0 spiro atoms. The summed E-state index contributed by atoms with van der Waals surface area (Å²) in [5.41, 5.74) is 8.43. The molecule has 3 N–H and O–H groups in total. The third kappa shape index (κ3) is 5.63. The summed E-state index contributed by atoms with van der Waals surface area (Å²) in [5.74, 6) is -0.910. The van der Waals surface area contributed by atoms with Crippen molar-refractivity contribution in [2.45, 2.75) is 12.8 Å². The average Bonchev–Trinajstić information content (AvgIpc) is 2.97. The van der Waals surface area contributed by atoms with E-state index in [-0.39, 0.29) is 17.9 Å². The molecule has 38 heavy (non-hydrogen) atoms. The van der Waals surface area contributed by atoms with E-state index < -0.39 is 11.7 Å². The molecule has 0 radical (unpaired) electrons. The van der Waals surface area contributed by atoms with Gasteiger partial charge in [-0.1, -0.05) is 37.3 Å². The molecule has 1 atom stereocenters. The molecule has 0 bridgehead atoms. The van der Waals surface area contributed by atoms with E-state index in [1.165, 1.54) is 24.3 Å². The molecular formula is C29H30FN7O. The molecule has 1 aliphatic rings. The normalized spacial score (nSPS) is 15.1. The topological polar surface area (TPSA) is 100 Å². The van der Waals surface area contributed by atoms with Gasteiger partial charge in [0.25, 0.3) is 0 Å². The molecule has 0 unspecified atom stereocenters. The minimum Gasteiger partial charge on any atom is -0.382 e. The predicted octanol–water partition coefficient (Wildman–Crippen LogP) is 4.17. The van der Waals surface area contributed by atoms with Gasteiger partial charge in [0.15, 0.2) is 0 Å². The average molecular weight is 513 g/mol. The van der Waals surface area contributed by atoms with Crippen LogP contribution < -0.4 is 16.0 Å². The second-order valence-electron chi connectivity index (χ2n) is 9.12. The standard InChI is InChI=1S/C29H30FN7O/c1-2-36-14-16-37(17-15-36)25-13-8-21(18-32-25)27-28(35-24(31)19-33-27)26(20-6-4-3-5-7-20)29(38)34-23-11-9-22(30)10-12-23/h3-13,18-19,26H,2,14-17H2,1H3,(H2,31,35)(H,34,38)/t26-/m1/s1/i19D. The van der Waals surface area contributed by atoms with Crippen LogP contribution in [0.15, 0.2) is 79.1 Å². The van der Waals surface area contributed by atoms with Gasteiger partial charge in [-0.2, -0.15) is 0 Å². The Morgan fingerprint density at radius 2 is 1.79 bits per heavy atom. The Balaban J connectivity index is 1.52. The Morgan fingerprint density at radius 1 is 1.05 bits per heavy atom. The first-order valence-electron chi connectivity index (χ1n) is 13.1. The molecular weight excluding hydrogens is 481 g/mol. The Bertz CT molecular complexity index is 1430. The second kappa shape index (κ2) is 11.4. The first-order valence-corrected chi connectivity index (χ1v) is 12.6. The fourth-order valence-electron chi connectivity index (χ4n) is 4.62. The van der Waals surface area contributed by atoms with E-state index in [0.29, 0.717) is 28.2 Å². The number of piperazine rings is 1. The van der Waals surface area contributed by atoms with Crippen LogP contribution in [-0.4, -0.2) is 58.5 Å². The van der Waals surface area contributed by atoms with Crippen LogP contribution >= 0.6 is 0 Å². The number of carbonyl (C=O) groups excluding carboxylic acids is 1. The van der Waals surface area contributed by atoms with Crippen molar-refractivity contribution in [1.29, 1.82) is 0 Å². The molecule has 3 heterocycles. The van der Waals surface area contributed by atoms with Crippen molar-refractivity contribution in [2.75, 3.05) is 48.7 Å². The lowest BCUT2D eigenvalue weighted by molar-refractivity contribution is -0.116. The summed E-state index contributed by atoms with van der Waals surface area (Å²) in [6.45, 7) is 6.95. The number of aromatic nitrogens is 3. The van der Waals surface area contributed by atoms with Crippen LogP contribution in [0.5, 0.6) is 0 Å². The van der Waals surface area contributed by atoms with Gasteiger partial charge in [-0.25, -0.2) is 14.4 Å². The third-order valence-corrected chi connectivity index (χ3v) is 6.71. The fourth-order valence-corrected chi connectivity index (χ4v) is 4.62. The van der Waals surface area contributed by atoms with E-state index in [1.54, 1.807) is 6.20 Å². The lowest BCUT2D eigenvalue weighted by atomic mass is 9.91. The summed E-state index contributed by atoms with van der Waals surface area (Å²) in [5, 5.41) is 2.85. The highest BCUT2D eigenvalue weighted by molar-refractivity contribution is 5.98. The van der Waals surface area contributed by atoms with Crippen molar-refractivity contribution in [3.63, 3.8) is 0 Å². The van der Waals surface area contributed by atoms with Crippen molar-refractivity contribution in [3.05, 3.63) is 96.2 Å². The molecule has 0 saturated carbocycles. The zero-order valence-electron chi connectivity index (χ0n) is 22.1. The summed E-state index contributed by atoms with van der Waals surface area (Å²) in [7, 11) is 0. The molecule has 1 amide bonds. The monoisotopic (exact) mass is 512 g/mol. The lowest BCUT2D eigenvalue weighted by Crippen LogP contribution is -2.46. The smallest absolute Gasteiger partial charge is 0.238 e. The van der Waals surface area contributed by atoms with Crippen LogP contribution in [0.1, 0.15) is 25.5 Å². The highest BCUT2D eigenvalue weighted by Gasteiger charge is 2.29. The van der Waals surface area contributed by atoms with Crippen LogP contribution in [0.3, 0.4) is 0 Å². The number of likely N-dealkylation sites (N-methyl/N-ethyl adjacent to an activating group) is 1. The molecule has 2 aromatic carbocycles. The van der Waals surface area contributed by atoms with Gasteiger partial charge in [-0.05, 0) is 48.5 Å². The number of halogens is 1. The zero-order chi connectivity index (χ0) is 27.4. The SMILES string of the molecule is [2H]c1nc(-c2ccc(N3CCN(CC)CC3)nc2)c([C@H](C(=O)Nc2ccc(F)cc2)c2ccccc2)nc1N. The number of nitrogens with one attached hydrogen (secondary N) is 1. The van der Waals surface area contributed by atoms with E-state index in [9.17, 15) is 9.18 Å². The molecule has 5 rings (SSSR count). The van der Waals surface area contributed by atoms with Gasteiger partial charge < -0.3 is 20.9 Å². The Hall–Kier alpha value is -4.37. The van der Waals surface area contributed by atoms with E-state index in [2.05, 4.69) is 37.0 Å². The molecule has 1 aliphatic heterocycles. The van der Waals surface area contributed by atoms with Crippen molar-refractivity contribution < 1.29 is 10.6 Å². The summed E-state index contributed by atoms with van der Waals surface area (Å²) < 4.78 is 21.7. The summed E-state index contributed by atoms with van der Waals surface area (Å²) in [4.78, 5) is 32.0. The van der Waals surface area contributed by atoms with E-state index in [0.717, 1.165) is 38.5 Å². The van der Waals surface area contributed by atoms with Crippen molar-refractivity contribution in [3.8, 4) is 11.3 Å². The number of nitrogen functional groups attached to an aromatic ring is 1. The molecule has 8 nitrogen and oxygen atoms in total. The number of nitrogens with two attached hydrogens (primary N) is 1. The first-order chi connectivity index (χ1) is 18.9. The zero-order valence-corrected chi connectivity index (χ0v) is 21.1. The van der Waals surface area contributed by atoms with Gasteiger partial charge in [0.05, 0.1) is 18.9 Å². The van der Waals surface area contributed by atoms with Crippen molar-refractivity contribution in [1.82, 2.24) is 19.9 Å². The maximum absolute atomic E-state index is 13.7. The predicted molar refractivity (Wildman–Crippen MR) is 147 cm³/mol. The third-order valence-electron chi connectivity index (χ3n) is 6.71. The van der Waals surface area contributed by atoms with E-state index in [4.69, 9.17) is 7.10 Å². The number of benzene rings is 2.